The Bertz CT molecular complexity index is 523. The van der Waals surface area contributed by atoms with Crippen LogP contribution in [0.5, 0.6) is 0 Å². The first-order valence-corrected chi connectivity index (χ1v) is 8.65. The number of ether oxygens (including phenoxy) is 1. The van der Waals surface area contributed by atoms with E-state index in [4.69, 9.17) is 16.3 Å². The number of likely N-dealkylation sites (tertiary alicyclic amines) is 1. The standard InChI is InChI=1S/C18H27ClN2O2/c1-13-9-14(2)18(16(19)10-13)20-17(22)6-8-21-7-4-5-15(11-21)12-23-3/h9-10,15H,4-8,11-12H2,1-3H3,(H,20,22). The van der Waals surface area contributed by atoms with Crippen LogP contribution in [-0.2, 0) is 9.53 Å². The molecule has 0 bridgehead atoms. The molecule has 0 radical (unpaired) electrons. The van der Waals surface area contributed by atoms with Gasteiger partial charge in [-0.25, -0.2) is 0 Å². The van der Waals surface area contributed by atoms with Crippen LogP contribution in [0.1, 0.15) is 30.4 Å². The van der Waals surface area contributed by atoms with Gasteiger partial charge in [-0.3, -0.25) is 4.79 Å². The minimum Gasteiger partial charge on any atom is -0.384 e. The first kappa shape index (κ1) is 18.2. The van der Waals surface area contributed by atoms with E-state index in [2.05, 4.69) is 10.2 Å². The Balaban J connectivity index is 1.84. The molecule has 2 rings (SSSR count). The van der Waals surface area contributed by atoms with E-state index in [1.54, 1.807) is 7.11 Å². The SMILES string of the molecule is COCC1CCCN(CCC(=O)Nc2c(C)cc(C)cc2Cl)C1. The molecule has 4 nitrogen and oxygen atoms in total. The number of rotatable bonds is 6. The van der Waals surface area contributed by atoms with Gasteiger partial charge < -0.3 is 15.0 Å². The van der Waals surface area contributed by atoms with Crippen LogP contribution < -0.4 is 5.32 Å². The molecule has 128 valence electrons. The van der Waals surface area contributed by atoms with Gasteiger partial charge in [0.05, 0.1) is 17.3 Å². The minimum atomic E-state index is 0.0210. The summed E-state index contributed by atoms with van der Waals surface area (Å²) in [6, 6.07) is 3.91. The third-order valence-corrected chi connectivity index (χ3v) is 4.65. The molecule has 1 aromatic carbocycles. The largest absolute Gasteiger partial charge is 0.384 e. The first-order chi connectivity index (χ1) is 11.0. The Hall–Kier alpha value is -1.10. The number of hydrogen-bond acceptors (Lipinski definition) is 3. The highest BCUT2D eigenvalue weighted by Crippen LogP contribution is 2.27. The minimum absolute atomic E-state index is 0.0210. The predicted molar refractivity (Wildman–Crippen MR) is 95.2 cm³/mol. The van der Waals surface area contributed by atoms with Gasteiger partial charge in [-0.05, 0) is 56.3 Å². The average molecular weight is 339 g/mol. The van der Waals surface area contributed by atoms with Gasteiger partial charge in [0.15, 0.2) is 0 Å². The molecule has 1 N–H and O–H groups in total. The zero-order valence-corrected chi connectivity index (χ0v) is 15.1. The Morgan fingerprint density at radius 2 is 2.22 bits per heavy atom. The fourth-order valence-corrected chi connectivity index (χ4v) is 3.63. The van der Waals surface area contributed by atoms with Gasteiger partial charge >= 0.3 is 0 Å². The third-order valence-electron chi connectivity index (χ3n) is 4.36. The molecule has 1 saturated heterocycles. The molecule has 1 unspecified atom stereocenters. The van der Waals surface area contributed by atoms with E-state index < -0.39 is 0 Å². The van der Waals surface area contributed by atoms with E-state index in [1.165, 1.54) is 12.8 Å². The number of methoxy groups -OCH3 is 1. The summed E-state index contributed by atoms with van der Waals surface area (Å²) < 4.78 is 5.25. The van der Waals surface area contributed by atoms with Crippen LogP contribution >= 0.6 is 11.6 Å². The van der Waals surface area contributed by atoms with E-state index in [0.717, 1.165) is 43.1 Å². The number of aryl methyl sites for hydroxylation is 2. The molecule has 0 aromatic heterocycles. The van der Waals surface area contributed by atoms with Crippen molar-refractivity contribution in [3.63, 3.8) is 0 Å². The summed E-state index contributed by atoms with van der Waals surface area (Å²) in [6.45, 7) is 7.64. The van der Waals surface area contributed by atoms with Gasteiger partial charge in [-0.2, -0.15) is 0 Å². The van der Waals surface area contributed by atoms with Crippen molar-refractivity contribution in [2.45, 2.75) is 33.1 Å². The smallest absolute Gasteiger partial charge is 0.225 e. The van der Waals surface area contributed by atoms with Crippen LogP contribution in [0.2, 0.25) is 5.02 Å². The highest BCUT2D eigenvalue weighted by Gasteiger charge is 2.20. The lowest BCUT2D eigenvalue weighted by atomic mass is 9.99. The number of hydrogen-bond donors (Lipinski definition) is 1. The molecule has 1 aliphatic rings. The Labute approximate surface area is 144 Å². The topological polar surface area (TPSA) is 41.6 Å². The summed E-state index contributed by atoms with van der Waals surface area (Å²) in [7, 11) is 1.75. The van der Waals surface area contributed by atoms with Crippen molar-refractivity contribution in [2.75, 3.05) is 38.7 Å². The fraction of sp³-hybridized carbons (Fsp3) is 0.611. The first-order valence-electron chi connectivity index (χ1n) is 8.27. The molecule has 0 spiro atoms. The maximum absolute atomic E-state index is 12.2. The summed E-state index contributed by atoms with van der Waals surface area (Å²) in [5, 5.41) is 3.56. The summed E-state index contributed by atoms with van der Waals surface area (Å²) in [6.07, 6.45) is 2.89. The molecule has 0 saturated carbocycles. The lowest BCUT2D eigenvalue weighted by Crippen LogP contribution is -2.38. The normalized spacial score (nSPS) is 18.9. The highest BCUT2D eigenvalue weighted by molar-refractivity contribution is 6.34. The van der Waals surface area contributed by atoms with Crippen LogP contribution in [0, 0.1) is 19.8 Å². The van der Waals surface area contributed by atoms with Crippen molar-refractivity contribution in [1.29, 1.82) is 0 Å². The van der Waals surface area contributed by atoms with Gasteiger partial charge in [-0.15, -0.1) is 0 Å². The average Bonchev–Trinajstić information content (AvgIpc) is 2.49. The number of halogens is 1. The quantitative estimate of drug-likeness (QED) is 0.861. The van der Waals surface area contributed by atoms with Gasteiger partial charge in [0.25, 0.3) is 0 Å². The number of nitrogens with one attached hydrogen (secondary N) is 1. The molecule has 0 aliphatic carbocycles. The van der Waals surface area contributed by atoms with Gasteiger partial charge in [0.2, 0.25) is 5.91 Å². The second-order valence-electron chi connectivity index (χ2n) is 6.50. The fourth-order valence-electron chi connectivity index (χ4n) is 3.26. The van der Waals surface area contributed by atoms with Gasteiger partial charge in [0, 0.05) is 26.6 Å². The summed E-state index contributed by atoms with van der Waals surface area (Å²) in [5.74, 6) is 0.610. The number of nitrogens with zero attached hydrogens (tertiary/aromatic N) is 1. The Kier molecular flexibility index (Phi) is 6.88. The van der Waals surface area contributed by atoms with Crippen molar-refractivity contribution in [3.8, 4) is 0 Å². The summed E-state index contributed by atoms with van der Waals surface area (Å²) >= 11 is 6.24. The molecular formula is C18H27ClN2O2. The molecule has 1 heterocycles. The second kappa shape index (κ2) is 8.67. The van der Waals surface area contributed by atoms with Crippen molar-refractivity contribution in [2.24, 2.45) is 5.92 Å². The number of carbonyl (C=O) groups excluding carboxylic acids is 1. The molecule has 1 amide bonds. The van der Waals surface area contributed by atoms with Gasteiger partial charge in [-0.1, -0.05) is 17.7 Å². The van der Waals surface area contributed by atoms with Crippen LogP contribution in [0.4, 0.5) is 5.69 Å². The van der Waals surface area contributed by atoms with Crippen molar-refractivity contribution in [1.82, 2.24) is 4.90 Å². The van der Waals surface area contributed by atoms with E-state index >= 15 is 0 Å². The number of benzene rings is 1. The van der Waals surface area contributed by atoms with E-state index in [-0.39, 0.29) is 5.91 Å². The molecule has 1 aromatic rings. The molecule has 5 heteroatoms. The Morgan fingerprint density at radius 3 is 2.91 bits per heavy atom. The molecular weight excluding hydrogens is 312 g/mol. The zero-order valence-electron chi connectivity index (χ0n) is 14.3. The number of piperidine rings is 1. The number of amides is 1. The maximum Gasteiger partial charge on any atom is 0.225 e. The predicted octanol–water partition coefficient (Wildman–Crippen LogP) is 3.64. The van der Waals surface area contributed by atoms with Crippen molar-refractivity contribution < 1.29 is 9.53 Å². The Morgan fingerprint density at radius 1 is 1.43 bits per heavy atom. The van der Waals surface area contributed by atoms with Gasteiger partial charge in [0.1, 0.15) is 0 Å². The summed E-state index contributed by atoms with van der Waals surface area (Å²) in [5.41, 5.74) is 2.84. The molecule has 1 aliphatic heterocycles. The zero-order chi connectivity index (χ0) is 16.8. The molecule has 23 heavy (non-hydrogen) atoms. The van der Waals surface area contributed by atoms with Crippen LogP contribution in [0.3, 0.4) is 0 Å². The van der Waals surface area contributed by atoms with Crippen LogP contribution in [-0.4, -0.2) is 44.2 Å². The van der Waals surface area contributed by atoms with E-state index in [9.17, 15) is 4.79 Å². The molecule has 1 atom stereocenters. The lowest BCUT2D eigenvalue weighted by Gasteiger charge is -2.32. The summed E-state index contributed by atoms with van der Waals surface area (Å²) in [4.78, 5) is 14.6. The van der Waals surface area contributed by atoms with Crippen molar-refractivity contribution in [3.05, 3.63) is 28.3 Å². The van der Waals surface area contributed by atoms with Crippen LogP contribution in [0.15, 0.2) is 12.1 Å². The second-order valence-corrected chi connectivity index (χ2v) is 6.91. The van der Waals surface area contributed by atoms with E-state index in [1.807, 2.05) is 26.0 Å². The molecule has 1 fully saturated rings. The number of anilines is 1. The number of carbonyl (C=O) groups is 1. The highest BCUT2D eigenvalue weighted by atomic mass is 35.5. The lowest BCUT2D eigenvalue weighted by molar-refractivity contribution is -0.116. The van der Waals surface area contributed by atoms with Crippen molar-refractivity contribution >= 4 is 23.2 Å². The monoisotopic (exact) mass is 338 g/mol. The maximum atomic E-state index is 12.2. The third kappa shape index (κ3) is 5.48. The van der Waals surface area contributed by atoms with E-state index in [0.29, 0.717) is 17.4 Å². The van der Waals surface area contributed by atoms with Crippen LogP contribution in [0.25, 0.3) is 0 Å².